The van der Waals surface area contributed by atoms with Crippen LogP contribution in [0, 0.1) is 0 Å². The third kappa shape index (κ3) is 4.28. The number of rotatable bonds is 5. The molecule has 3 nitrogen and oxygen atoms in total. The van der Waals surface area contributed by atoms with Gasteiger partial charge in [0.05, 0.1) is 22.2 Å². The van der Waals surface area contributed by atoms with E-state index in [1.54, 1.807) is 13.8 Å². The fourth-order valence-electron chi connectivity index (χ4n) is 4.12. The number of halogens is 3. The average molecular weight is 438 g/mol. The van der Waals surface area contributed by atoms with Gasteiger partial charge in [-0.15, -0.1) is 0 Å². The SMILES string of the molecule is CC[C@H](c1ccc(C(F)(F)F)cc1)c1nc2ccc(-c3ccccc3C(C)(C)O)cc2[nH]1. The van der Waals surface area contributed by atoms with Crippen molar-refractivity contribution in [3.8, 4) is 11.1 Å². The van der Waals surface area contributed by atoms with Gasteiger partial charge in [0.15, 0.2) is 0 Å². The van der Waals surface area contributed by atoms with Crippen molar-refractivity contribution in [1.29, 1.82) is 0 Å². The largest absolute Gasteiger partial charge is 0.416 e. The van der Waals surface area contributed by atoms with Gasteiger partial charge in [0, 0.05) is 5.92 Å². The first kappa shape index (κ1) is 22.1. The Labute approximate surface area is 185 Å². The van der Waals surface area contributed by atoms with Crippen molar-refractivity contribution in [2.75, 3.05) is 0 Å². The molecule has 4 aromatic rings. The zero-order valence-electron chi connectivity index (χ0n) is 18.2. The van der Waals surface area contributed by atoms with Gasteiger partial charge in [-0.1, -0.05) is 49.4 Å². The molecule has 6 heteroatoms. The molecule has 3 aromatic carbocycles. The predicted molar refractivity (Wildman–Crippen MR) is 120 cm³/mol. The first-order valence-corrected chi connectivity index (χ1v) is 10.6. The van der Waals surface area contributed by atoms with E-state index < -0.39 is 17.3 Å². The zero-order chi connectivity index (χ0) is 23.1. The summed E-state index contributed by atoms with van der Waals surface area (Å²) in [7, 11) is 0. The lowest BCUT2D eigenvalue weighted by Crippen LogP contribution is -2.16. The number of aliphatic hydroxyl groups is 1. The molecule has 0 unspecified atom stereocenters. The number of alkyl halides is 3. The molecule has 32 heavy (non-hydrogen) atoms. The highest BCUT2D eigenvalue weighted by Gasteiger charge is 2.30. The van der Waals surface area contributed by atoms with Gasteiger partial charge in [0.1, 0.15) is 5.82 Å². The number of imidazole rings is 1. The van der Waals surface area contributed by atoms with E-state index in [1.165, 1.54) is 12.1 Å². The summed E-state index contributed by atoms with van der Waals surface area (Å²) in [4.78, 5) is 8.07. The van der Waals surface area contributed by atoms with E-state index in [1.807, 2.05) is 49.4 Å². The van der Waals surface area contributed by atoms with Crippen molar-refractivity contribution >= 4 is 11.0 Å². The van der Waals surface area contributed by atoms with Crippen LogP contribution in [0.1, 0.15) is 55.6 Å². The van der Waals surface area contributed by atoms with Crippen LogP contribution in [-0.4, -0.2) is 15.1 Å². The fourth-order valence-corrected chi connectivity index (χ4v) is 4.12. The highest BCUT2D eigenvalue weighted by molar-refractivity contribution is 5.83. The van der Waals surface area contributed by atoms with E-state index in [9.17, 15) is 18.3 Å². The molecule has 1 atom stereocenters. The maximum atomic E-state index is 12.9. The summed E-state index contributed by atoms with van der Waals surface area (Å²) in [6.07, 6.45) is -3.66. The summed E-state index contributed by atoms with van der Waals surface area (Å²) in [5.74, 6) is 0.576. The average Bonchev–Trinajstić information content (AvgIpc) is 3.16. The Kier molecular flexibility index (Phi) is 5.59. The summed E-state index contributed by atoms with van der Waals surface area (Å²) in [6, 6.07) is 18.9. The number of hydrogen-bond acceptors (Lipinski definition) is 2. The molecule has 0 spiro atoms. The van der Waals surface area contributed by atoms with Gasteiger partial charge >= 0.3 is 6.18 Å². The van der Waals surface area contributed by atoms with Crippen LogP contribution in [0.15, 0.2) is 66.7 Å². The number of benzene rings is 3. The van der Waals surface area contributed by atoms with Crippen LogP contribution >= 0.6 is 0 Å². The molecule has 1 heterocycles. The molecule has 1 aromatic heterocycles. The minimum absolute atomic E-state index is 0.142. The van der Waals surface area contributed by atoms with Crippen molar-refractivity contribution in [2.45, 2.75) is 44.9 Å². The number of nitrogens with zero attached hydrogens (tertiary/aromatic N) is 1. The maximum Gasteiger partial charge on any atom is 0.416 e. The molecule has 0 radical (unpaired) electrons. The van der Waals surface area contributed by atoms with Crippen molar-refractivity contribution in [3.63, 3.8) is 0 Å². The van der Waals surface area contributed by atoms with E-state index >= 15 is 0 Å². The summed E-state index contributed by atoms with van der Waals surface area (Å²) >= 11 is 0. The Balaban J connectivity index is 1.72. The molecule has 0 aliphatic heterocycles. The molecule has 0 amide bonds. The van der Waals surface area contributed by atoms with E-state index in [0.29, 0.717) is 6.42 Å². The minimum atomic E-state index is -4.35. The number of aromatic nitrogens is 2. The van der Waals surface area contributed by atoms with Gasteiger partial charge in [-0.2, -0.15) is 13.2 Å². The Hall–Kier alpha value is -3.12. The first-order chi connectivity index (χ1) is 15.1. The zero-order valence-corrected chi connectivity index (χ0v) is 18.2. The van der Waals surface area contributed by atoms with Gasteiger partial charge < -0.3 is 10.1 Å². The normalized spacial score (nSPS) is 13.5. The maximum absolute atomic E-state index is 12.9. The van der Waals surface area contributed by atoms with E-state index in [0.717, 1.165) is 51.2 Å². The number of aromatic amines is 1. The molecule has 0 bridgehead atoms. The van der Waals surface area contributed by atoms with Gasteiger partial charge in [-0.3, -0.25) is 0 Å². The highest BCUT2D eigenvalue weighted by Crippen LogP contribution is 2.35. The molecular weight excluding hydrogens is 413 g/mol. The number of nitrogens with one attached hydrogen (secondary N) is 1. The Morgan fingerprint density at radius 3 is 2.28 bits per heavy atom. The molecular formula is C26H25F3N2O. The van der Waals surface area contributed by atoms with E-state index in [2.05, 4.69) is 4.98 Å². The summed E-state index contributed by atoms with van der Waals surface area (Å²) < 4.78 is 38.7. The lowest BCUT2D eigenvalue weighted by molar-refractivity contribution is -0.137. The van der Waals surface area contributed by atoms with Crippen molar-refractivity contribution in [1.82, 2.24) is 9.97 Å². The first-order valence-electron chi connectivity index (χ1n) is 10.6. The molecule has 0 saturated carbocycles. The molecule has 2 N–H and O–H groups in total. The monoisotopic (exact) mass is 438 g/mol. The van der Waals surface area contributed by atoms with Crippen LogP contribution in [-0.2, 0) is 11.8 Å². The fraction of sp³-hybridized carbons (Fsp3) is 0.269. The van der Waals surface area contributed by atoms with Crippen LogP contribution < -0.4 is 0 Å². The molecule has 4 rings (SSSR count). The Bertz CT molecular complexity index is 1230. The van der Waals surface area contributed by atoms with Gasteiger partial charge in [-0.25, -0.2) is 4.98 Å². The Morgan fingerprint density at radius 2 is 1.66 bits per heavy atom. The summed E-state index contributed by atoms with van der Waals surface area (Å²) in [5, 5.41) is 10.6. The van der Waals surface area contributed by atoms with Crippen LogP contribution in [0.3, 0.4) is 0 Å². The quantitative estimate of drug-likeness (QED) is 0.352. The van der Waals surface area contributed by atoms with Crippen LogP contribution in [0.5, 0.6) is 0 Å². The van der Waals surface area contributed by atoms with Crippen LogP contribution in [0.4, 0.5) is 13.2 Å². The molecule has 166 valence electrons. The summed E-state index contributed by atoms with van der Waals surface area (Å²) in [6.45, 7) is 5.50. The number of fused-ring (bicyclic) bond motifs is 1. The molecule has 0 saturated heterocycles. The second-order valence-electron chi connectivity index (χ2n) is 8.54. The lowest BCUT2D eigenvalue weighted by atomic mass is 9.89. The molecule has 0 aliphatic rings. The van der Waals surface area contributed by atoms with Gasteiger partial charge in [0.2, 0.25) is 0 Å². The van der Waals surface area contributed by atoms with E-state index in [-0.39, 0.29) is 5.92 Å². The van der Waals surface area contributed by atoms with E-state index in [4.69, 9.17) is 4.98 Å². The molecule has 0 aliphatic carbocycles. The van der Waals surface area contributed by atoms with Crippen LogP contribution in [0.2, 0.25) is 0 Å². The second-order valence-corrected chi connectivity index (χ2v) is 8.54. The number of hydrogen-bond donors (Lipinski definition) is 2. The third-order valence-corrected chi connectivity index (χ3v) is 5.78. The highest BCUT2D eigenvalue weighted by atomic mass is 19.4. The third-order valence-electron chi connectivity index (χ3n) is 5.78. The lowest BCUT2D eigenvalue weighted by Gasteiger charge is -2.21. The van der Waals surface area contributed by atoms with Crippen molar-refractivity contribution < 1.29 is 18.3 Å². The van der Waals surface area contributed by atoms with Crippen LogP contribution in [0.25, 0.3) is 22.2 Å². The predicted octanol–water partition coefficient (Wildman–Crippen LogP) is 7.02. The smallest absolute Gasteiger partial charge is 0.386 e. The van der Waals surface area contributed by atoms with Crippen molar-refractivity contribution in [2.24, 2.45) is 0 Å². The number of H-pyrrole nitrogens is 1. The molecule has 0 fully saturated rings. The standard InChI is InChI=1S/C26H25F3N2O/c1-4-19(16-9-12-18(13-10-16)26(27,28)29)24-30-22-14-11-17(15-23(22)31-24)20-7-5-6-8-21(20)25(2,3)32/h5-15,19,32H,4H2,1-3H3,(H,30,31)/t19-/m1/s1. The van der Waals surface area contributed by atoms with Crippen molar-refractivity contribution in [3.05, 3.63) is 89.2 Å². The minimum Gasteiger partial charge on any atom is -0.386 e. The topological polar surface area (TPSA) is 48.9 Å². The van der Waals surface area contributed by atoms with Gasteiger partial charge in [0.25, 0.3) is 0 Å². The summed E-state index contributed by atoms with van der Waals surface area (Å²) in [5.41, 5.74) is 3.49. The Morgan fingerprint density at radius 1 is 0.969 bits per heavy atom. The van der Waals surface area contributed by atoms with Gasteiger partial charge in [-0.05, 0) is 66.8 Å². The second kappa shape index (κ2) is 8.10.